The quantitative estimate of drug-likeness (QED) is 0.420. The van der Waals surface area contributed by atoms with Gasteiger partial charge in [0.1, 0.15) is 5.82 Å². The van der Waals surface area contributed by atoms with Crippen molar-refractivity contribution in [1.29, 1.82) is 0 Å². The molecule has 0 aliphatic rings. The van der Waals surface area contributed by atoms with Crippen LogP contribution < -0.4 is 0 Å². The van der Waals surface area contributed by atoms with Gasteiger partial charge in [0.15, 0.2) is 0 Å². The molecule has 0 fully saturated rings. The van der Waals surface area contributed by atoms with E-state index in [0.29, 0.717) is 11.8 Å². The van der Waals surface area contributed by atoms with Gasteiger partial charge in [-0.3, -0.25) is 4.98 Å². The molecule has 30 heavy (non-hydrogen) atoms. The summed E-state index contributed by atoms with van der Waals surface area (Å²) in [7, 11) is 0. The van der Waals surface area contributed by atoms with Gasteiger partial charge < -0.3 is 0 Å². The Labute approximate surface area is 183 Å². The van der Waals surface area contributed by atoms with Gasteiger partial charge in [-0.2, -0.15) is 0 Å². The fraction of sp³-hybridized carbons (Fsp3) is 0.464. The van der Waals surface area contributed by atoms with Crippen LogP contribution in [0.3, 0.4) is 0 Å². The number of fused-ring (bicyclic) bond motifs is 1. The minimum Gasteiger partial charge on any atom is -0.264 e. The molecule has 0 bridgehead atoms. The van der Waals surface area contributed by atoms with E-state index < -0.39 is 0 Å². The van der Waals surface area contributed by atoms with Gasteiger partial charge in [-0.15, -0.1) is 0 Å². The van der Waals surface area contributed by atoms with Crippen molar-refractivity contribution >= 4 is 10.8 Å². The van der Waals surface area contributed by atoms with Crippen LogP contribution in [0.25, 0.3) is 10.8 Å². The molecule has 1 aromatic heterocycles. The predicted octanol–water partition coefficient (Wildman–Crippen LogP) is 9.07. The normalized spacial score (nSPS) is 10.7. The Bertz CT molecular complexity index is 892. The first kappa shape index (κ1) is 25.8. The summed E-state index contributed by atoms with van der Waals surface area (Å²) in [5, 5.41) is 2.67. The number of nitrogens with zero attached hydrogens (tertiary/aromatic N) is 1. The van der Waals surface area contributed by atoms with Crippen LogP contribution in [-0.4, -0.2) is 4.98 Å². The molecule has 164 valence electrons. The second kappa shape index (κ2) is 11.8. The molecule has 0 aliphatic heterocycles. The van der Waals surface area contributed by atoms with Crippen molar-refractivity contribution < 1.29 is 4.39 Å². The van der Waals surface area contributed by atoms with Crippen LogP contribution in [-0.2, 0) is 0 Å². The smallest absolute Gasteiger partial charge is 0.126 e. The van der Waals surface area contributed by atoms with Gasteiger partial charge >= 0.3 is 0 Å². The first-order valence-corrected chi connectivity index (χ1v) is 11.3. The second-order valence-electron chi connectivity index (χ2n) is 8.59. The van der Waals surface area contributed by atoms with Crippen LogP contribution in [0, 0.1) is 19.7 Å². The number of hydrogen-bond acceptors (Lipinski definition) is 1. The van der Waals surface area contributed by atoms with Gasteiger partial charge in [0, 0.05) is 17.8 Å². The van der Waals surface area contributed by atoms with Crippen molar-refractivity contribution in [3.05, 3.63) is 76.4 Å². The molecule has 0 atom stereocenters. The summed E-state index contributed by atoms with van der Waals surface area (Å²) in [5.74, 6) is 1.30. The standard InChI is InChI=1S/C15H19N.C11H15F.C2H6/c1-10(2)12-5-6-13(11(3)4)15-9-16-8-7-14(12)15;1-7(2)10-5-8(3)9(4)6-11(10)12;1-2/h5-11H,1-4H3;5-7H,1-4H3;1-2H3. The van der Waals surface area contributed by atoms with Crippen molar-refractivity contribution in [3.8, 4) is 0 Å². The average Bonchev–Trinajstić information content (AvgIpc) is 2.71. The first-order chi connectivity index (χ1) is 14.1. The zero-order valence-electron chi connectivity index (χ0n) is 20.6. The van der Waals surface area contributed by atoms with Gasteiger partial charge in [0.2, 0.25) is 0 Å². The third-order valence-corrected chi connectivity index (χ3v) is 5.36. The van der Waals surface area contributed by atoms with Gasteiger partial charge in [0.25, 0.3) is 0 Å². The summed E-state index contributed by atoms with van der Waals surface area (Å²) >= 11 is 0. The summed E-state index contributed by atoms with van der Waals surface area (Å²) in [4.78, 5) is 4.26. The molecule has 0 aliphatic carbocycles. The molecule has 0 saturated heterocycles. The Morgan fingerprint density at radius 1 is 0.667 bits per heavy atom. The van der Waals surface area contributed by atoms with Crippen molar-refractivity contribution in [3.63, 3.8) is 0 Å². The Morgan fingerprint density at radius 2 is 1.13 bits per heavy atom. The summed E-state index contributed by atoms with van der Waals surface area (Å²) in [6, 6.07) is 10.2. The molecule has 1 heterocycles. The molecule has 3 aromatic rings. The molecule has 0 unspecified atom stereocenters. The lowest BCUT2D eigenvalue weighted by Gasteiger charge is -2.15. The van der Waals surface area contributed by atoms with E-state index in [1.165, 1.54) is 27.5 Å². The van der Waals surface area contributed by atoms with Crippen molar-refractivity contribution in [2.45, 2.75) is 87.0 Å². The molecule has 0 N–H and O–H groups in total. The highest BCUT2D eigenvalue weighted by molar-refractivity contribution is 5.88. The summed E-state index contributed by atoms with van der Waals surface area (Å²) < 4.78 is 13.3. The van der Waals surface area contributed by atoms with E-state index in [1.807, 2.05) is 60.0 Å². The third-order valence-electron chi connectivity index (χ3n) is 5.36. The fourth-order valence-corrected chi connectivity index (χ4v) is 3.49. The van der Waals surface area contributed by atoms with Crippen molar-refractivity contribution in [1.82, 2.24) is 4.98 Å². The number of benzene rings is 2. The van der Waals surface area contributed by atoms with E-state index in [9.17, 15) is 4.39 Å². The van der Waals surface area contributed by atoms with Crippen LogP contribution in [0.5, 0.6) is 0 Å². The Balaban J connectivity index is 0.000000287. The zero-order valence-corrected chi connectivity index (χ0v) is 20.6. The van der Waals surface area contributed by atoms with E-state index in [1.54, 1.807) is 6.07 Å². The van der Waals surface area contributed by atoms with E-state index in [0.717, 1.165) is 11.1 Å². The summed E-state index contributed by atoms with van der Waals surface area (Å²) in [6.45, 7) is 20.9. The molecule has 2 heteroatoms. The van der Waals surface area contributed by atoms with E-state index >= 15 is 0 Å². The number of pyridine rings is 1. The van der Waals surface area contributed by atoms with E-state index in [-0.39, 0.29) is 11.7 Å². The lowest BCUT2D eigenvalue weighted by molar-refractivity contribution is 0.596. The number of halogens is 1. The van der Waals surface area contributed by atoms with E-state index in [2.05, 4.69) is 50.9 Å². The van der Waals surface area contributed by atoms with Gasteiger partial charge in [-0.1, -0.05) is 73.6 Å². The third kappa shape index (κ3) is 6.39. The molecule has 0 saturated carbocycles. The lowest BCUT2D eigenvalue weighted by atomic mass is 9.90. The molecule has 0 spiro atoms. The van der Waals surface area contributed by atoms with Gasteiger partial charge in [-0.25, -0.2) is 4.39 Å². The minimum absolute atomic E-state index is 0.0758. The molecular weight excluding hydrogens is 369 g/mol. The van der Waals surface area contributed by atoms with Crippen molar-refractivity contribution in [2.24, 2.45) is 0 Å². The Hall–Kier alpha value is -2.22. The molecule has 0 radical (unpaired) electrons. The van der Waals surface area contributed by atoms with Crippen molar-refractivity contribution in [2.75, 3.05) is 0 Å². The lowest BCUT2D eigenvalue weighted by Crippen LogP contribution is -1.95. The Kier molecular flexibility index (Phi) is 10.2. The fourth-order valence-electron chi connectivity index (χ4n) is 3.49. The van der Waals surface area contributed by atoms with Crippen LogP contribution in [0.4, 0.5) is 4.39 Å². The molecule has 3 rings (SSSR count). The molecule has 2 aromatic carbocycles. The number of aryl methyl sites for hydroxylation is 2. The van der Waals surface area contributed by atoms with E-state index in [4.69, 9.17) is 0 Å². The highest BCUT2D eigenvalue weighted by atomic mass is 19.1. The minimum atomic E-state index is -0.0758. The first-order valence-electron chi connectivity index (χ1n) is 11.3. The summed E-state index contributed by atoms with van der Waals surface area (Å²) in [6.07, 6.45) is 3.88. The topological polar surface area (TPSA) is 12.9 Å². The maximum Gasteiger partial charge on any atom is 0.126 e. The Morgan fingerprint density at radius 3 is 1.63 bits per heavy atom. The number of aromatic nitrogens is 1. The second-order valence-corrected chi connectivity index (χ2v) is 8.59. The number of hydrogen-bond donors (Lipinski definition) is 0. The highest BCUT2D eigenvalue weighted by Crippen LogP contribution is 2.30. The molecule has 0 amide bonds. The zero-order chi connectivity index (χ0) is 23.0. The largest absolute Gasteiger partial charge is 0.264 e. The highest BCUT2D eigenvalue weighted by Gasteiger charge is 2.10. The number of rotatable bonds is 3. The van der Waals surface area contributed by atoms with Gasteiger partial charge in [-0.05, 0) is 76.9 Å². The maximum absolute atomic E-state index is 13.3. The average molecular weight is 410 g/mol. The van der Waals surface area contributed by atoms with Crippen LogP contribution in [0.15, 0.2) is 42.7 Å². The molecule has 1 nitrogen and oxygen atoms in total. The maximum atomic E-state index is 13.3. The van der Waals surface area contributed by atoms with Crippen LogP contribution in [0.1, 0.15) is 101 Å². The predicted molar refractivity (Wildman–Crippen MR) is 131 cm³/mol. The van der Waals surface area contributed by atoms with Crippen LogP contribution in [0.2, 0.25) is 0 Å². The monoisotopic (exact) mass is 409 g/mol. The summed E-state index contributed by atoms with van der Waals surface area (Å²) in [5.41, 5.74) is 5.82. The molecular formula is C28H40FN. The van der Waals surface area contributed by atoms with Gasteiger partial charge in [0.05, 0.1) is 0 Å². The van der Waals surface area contributed by atoms with Crippen LogP contribution >= 0.6 is 0 Å². The SMILES string of the molecule is CC.CC(C)c1ccc(C(C)C)c2cnccc12.Cc1cc(F)c(C(C)C)cc1C.